The van der Waals surface area contributed by atoms with Crippen LogP contribution in [0, 0.1) is 12.8 Å². The molecule has 1 saturated carbocycles. The van der Waals surface area contributed by atoms with Gasteiger partial charge in [0.15, 0.2) is 0 Å². The first kappa shape index (κ1) is 14.4. The van der Waals surface area contributed by atoms with E-state index >= 15 is 0 Å². The molecule has 3 aromatic rings. The highest BCUT2D eigenvalue weighted by Gasteiger charge is 2.27. The number of hydrogen-bond acceptors (Lipinski definition) is 5. The second kappa shape index (κ2) is 5.45. The monoisotopic (exact) mass is 327 g/mol. The smallest absolute Gasteiger partial charge is 0.259 e. The Labute approximate surface area is 137 Å². The SMILES string of the molecule is Cc1noc2nc(-c3cccs3)cc(C(=O)N(C)CC3CC3)c12. The van der Waals surface area contributed by atoms with Gasteiger partial charge in [-0.2, -0.15) is 0 Å². The van der Waals surface area contributed by atoms with Gasteiger partial charge in [-0.05, 0) is 43.2 Å². The Morgan fingerprint density at radius 3 is 3.00 bits per heavy atom. The molecule has 0 aromatic carbocycles. The molecule has 1 aliphatic rings. The molecule has 0 radical (unpaired) electrons. The number of thiophene rings is 1. The lowest BCUT2D eigenvalue weighted by Gasteiger charge is -2.17. The minimum atomic E-state index is 0.00778. The van der Waals surface area contributed by atoms with Crippen molar-refractivity contribution in [1.82, 2.24) is 15.0 Å². The van der Waals surface area contributed by atoms with Gasteiger partial charge in [-0.3, -0.25) is 4.79 Å². The number of hydrogen-bond donors (Lipinski definition) is 0. The molecule has 0 bridgehead atoms. The van der Waals surface area contributed by atoms with Crippen LogP contribution in [0.3, 0.4) is 0 Å². The maximum Gasteiger partial charge on any atom is 0.259 e. The van der Waals surface area contributed by atoms with Gasteiger partial charge >= 0.3 is 0 Å². The van der Waals surface area contributed by atoms with Gasteiger partial charge in [-0.25, -0.2) is 4.98 Å². The summed E-state index contributed by atoms with van der Waals surface area (Å²) in [5.74, 6) is 0.662. The zero-order chi connectivity index (χ0) is 16.0. The quantitative estimate of drug-likeness (QED) is 0.732. The summed E-state index contributed by atoms with van der Waals surface area (Å²) in [5.41, 5.74) is 2.51. The van der Waals surface area contributed by atoms with Crippen LogP contribution in [0.15, 0.2) is 28.1 Å². The number of nitrogens with zero attached hydrogens (tertiary/aromatic N) is 3. The Hall–Kier alpha value is -2.21. The number of carbonyl (C=O) groups excluding carboxylic acids is 1. The molecule has 0 spiro atoms. The molecule has 0 aliphatic heterocycles. The van der Waals surface area contributed by atoms with Gasteiger partial charge in [-0.15, -0.1) is 11.3 Å². The Balaban J connectivity index is 1.82. The van der Waals surface area contributed by atoms with Crippen LogP contribution in [0.4, 0.5) is 0 Å². The van der Waals surface area contributed by atoms with E-state index in [1.807, 2.05) is 37.6 Å². The maximum atomic E-state index is 12.9. The minimum absolute atomic E-state index is 0.00778. The van der Waals surface area contributed by atoms with Gasteiger partial charge < -0.3 is 9.42 Å². The lowest BCUT2D eigenvalue weighted by atomic mass is 10.1. The molecule has 0 saturated heterocycles. The highest BCUT2D eigenvalue weighted by Crippen LogP contribution is 2.32. The molecular formula is C17H17N3O2S. The number of carbonyl (C=O) groups is 1. The van der Waals surface area contributed by atoms with E-state index in [0.717, 1.165) is 22.5 Å². The molecule has 3 heterocycles. The Bertz CT molecular complexity index is 865. The van der Waals surface area contributed by atoms with Crippen molar-refractivity contribution < 1.29 is 9.32 Å². The normalized spacial score (nSPS) is 14.3. The molecule has 3 aromatic heterocycles. The molecule has 1 aliphatic carbocycles. The fourth-order valence-corrected chi connectivity index (χ4v) is 3.48. The standard InChI is InChI=1S/C17H17N3O2S/c1-10-15-12(17(21)20(2)9-11-5-6-11)8-13(14-4-3-7-23-14)18-16(15)22-19-10/h3-4,7-8,11H,5-6,9H2,1-2H3. The van der Waals surface area contributed by atoms with Gasteiger partial charge in [0.05, 0.1) is 27.2 Å². The topological polar surface area (TPSA) is 59.2 Å². The zero-order valence-electron chi connectivity index (χ0n) is 13.1. The van der Waals surface area contributed by atoms with E-state index in [4.69, 9.17) is 4.52 Å². The van der Waals surface area contributed by atoms with Crippen molar-refractivity contribution in [2.45, 2.75) is 19.8 Å². The summed E-state index contributed by atoms with van der Waals surface area (Å²) in [6.07, 6.45) is 2.44. The van der Waals surface area contributed by atoms with Crippen LogP contribution in [0.5, 0.6) is 0 Å². The Morgan fingerprint density at radius 1 is 1.48 bits per heavy atom. The minimum Gasteiger partial charge on any atom is -0.341 e. The van der Waals surface area contributed by atoms with Crippen molar-refractivity contribution in [3.8, 4) is 10.6 Å². The van der Waals surface area contributed by atoms with Crippen molar-refractivity contribution in [3.05, 3.63) is 34.8 Å². The van der Waals surface area contributed by atoms with Crippen LogP contribution < -0.4 is 0 Å². The third-order valence-electron chi connectivity index (χ3n) is 4.20. The maximum absolute atomic E-state index is 12.9. The van der Waals surface area contributed by atoms with Crippen molar-refractivity contribution in [2.24, 2.45) is 5.92 Å². The summed E-state index contributed by atoms with van der Waals surface area (Å²) in [5, 5.41) is 6.70. The lowest BCUT2D eigenvalue weighted by molar-refractivity contribution is 0.0790. The van der Waals surface area contributed by atoms with E-state index in [2.05, 4.69) is 10.1 Å². The number of fused-ring (bicyclic) bond motifs is 1. The molecule has 0 atom stereocenters. The Kier molecular flexibility index (Phi) is 3.41. The van der Waals surface area contributed by atoms with Crippen LogP contribution in [0.2, 0.25) is 0 Å². The van der Waals surface area contributed by atoms with Crippen LogP contribution in [0.1, 0.15) is 28.9 Å². The molecule has 6 heteroatoms. The fourth-order valence-electron chi connectivity index (χ4n) is 2.79. The molecule has 118 valence electrons. The van der Waals surface area contributed by atoms with Crippen LogP contribution in [-0.2, 0) is 0 Å². The van der Waals surface area contributed by atoms with Gasteiger partial charge in [0.1, 0.15) is 0 Å². The second-order valence-electron chi connectivity index (χ2n) is 6.11. The summed E-state index contributed by atoms with van der Waals surface area (Å²) < 4.78 is 5.32. The molecule has 1 fully saturated rings. The lowest BCUT2D eigenvalue weighted by Crippen LogP contribution is -2.29. The van der Waals surface area contributed by atoms with Gasteiger partial charge in [0, 0.05) is 13.6 Å². The van der Waals surface area contributed by atoms with Crippen LogP contribution >= 0.6 is 11.3 Å². The molecule has 4 rings (SSSR count). The Morgan fingerprint density at radius 2 is 2.30 bits per heavy atom. The molecular weight excluding hydrogens is 310 g/mol. The van der Waals surface area contributed by atoms with Gasteiger partial charge in [0.25, 0.3) is 11.6 Å². The van der Waals surface area contributed by atoms with Gasteiger partial charge in [-0.1, -0.05) is 11.2 Å². The fraction of sp³-hybridized carbons (Fsp3) is 0.353. The second-order valence-corrected chi connectivity index (χ2v) is 7.06. The van der Waals surface area contributed by atoms with Gasteiger partial charge in [0.2, 0.25) is 0 Å². The number of pyridine rings is 1. The first-order valence-corrected chi connectivity index (χ1v) is 8.58. The predicted molar refractivity (Wildman–Crippen MR) is 89.5 cm³/mol. The average molecular weight is 327 g/mol. The van der Waals surface area contributed by atoms with E-state index in [0.29, 0.717) is 22.9 Å². The molecule has 0 N–H and O–H groups in total. The average Bonchev–Trinajstić information content (AvgIpc) is 3.05. The van der Waals surface area contributed by atoms with E-state index in [1.165, 1.54) is 12.8 Å². The number of rotatable bonds is 4. The molecule has 1 amide bonds. The number of aryl methyl sites for hydroxylation is 1. The van der Waals surface area contributed by atoms with Crippen molar-refractivity contribution >= 4 is 28.3 Å². The zero-order valence-corrected chi connectivity index (χ0v) is 13.9. The van der Waals surface area contributed by atoms with E-state index in [-0.39, 0.29) is 5.91 Å². The van der Waals surface area contributed by atoms with Crippen molar-refractivity contribution in [1.29, 1.82) is 0 Å². The van der Waals surface area contributed by atoms with E-state index in [9.17, 15) is 4.79 Å². The summed E-state index contributed by atoms with van der Waals surface area (Å²) in [6.45, 7) is 2.65. The summed E-state index contributed by atoms with van der Waals surface area (Å²) >= 11 is 1.59. The third-order valence-corrected chi connectivity index (χ3v) is 5.09. The predicted octanol–water partition coefficient (Wildman–Crippen LogP) is 3.74. The molecule has 23 heavy (non-hydrogen) atoms. The highest BCUT2D eigenvalue weighted by atomic mass is 32.1. The summed E-state index contributed by atoms with van der Waals surface area (Å²) in [7, 11) is 1.86. The van der Waals surface area contributed by atoms with E-state index < -0.39 is 0 Å². The first-order valence-electron chi connectivity index (χ1n) is 7.70. The summed E-state index contributed by atoms with van der Waals surface area (Å²) in [4.78, 5) is 20.3. The largest absolute Gasteiger partial charge is 0.341 e. The highest BCUT2D eigenvalue weighted by molar-refractivity contribution is 7.13. The van der Waals surface area contributed by atoms with Crippen LogP contribution in [0.25, 0.3) is 21.7 Å². The van der Waals surface area contributed by atoms with Crippen molar-refractivity contribution in [2.75, 3.05) is 13.6 Å². The van der Waals surface area contributed by atoms with Crippen molar-refractivity contribution in [3.63, 3.8) is 0 Å². The van der Waals surface area contributed by atoms with Crippen LogP contribution in [-0.4, -0.2) is 34.5 Å². The molecule has 5 nitrogen and oxygen atoms in total. The number of aromatic nitrogens is 2. The molecule has 0 unspecified atom stereocenters. The summed E-state index contributed by atoms with van der Waals surface area (Å²) in [6, 6.07) is 5.83. The van der Waals surface area contributed by atoms with E-state index in [1.54, 1.807) is 16.2 Å². The number of amides is 1. The third kappa shape index (κ3) is 2.63. The first-order chi connectivity index (χ1) is 11.1.